The Morgan fingerprint density at radius 3 is 2.50 bits per heavy atom. The van der Waals surface area contributed by atoms with Crippen LogP contribution in [0.5, 0.6) is 0 Å². The molecule has 1 aliphatic carbocycles. The van der Waals surface area contributed by atoms with Gasteiger partial charge >= 0.3 is 0 Å². The van der Waals surface area contributed by atoms with Gasteiger partial charge in [0.2, 0.25) is 5.91 Å². The molecule has 2 N–H and O–H groups in total. The van der Waals surface area contributed by atoms with Crippen molar-refractivity contribution in [3.8, 4) is 0 Å². The fourth-order valence-corrected chi connectivity index (χ4v) is 1.95. The van der Waals surface area contributed by atoms with E-state index in [1.807, 2.05) is 13.8 Å². The molecule has 0 radical (unpaired) electrons. The first kappa shape index (κ1) is 13.5. The number of carbonyl (C=O) groups is 1. The van der Waals surface area contributed by atoms with E-state index in [0.29, 0.717) is 6.61 Å². The number of nitrogens with zero attached hydrogens (tertiary/aromatic N) is 1. The van der Waals surface area contributed by atoms with Crippen LogP contribution in [-0.2, 0) is 9.53 Å². The Hall–Kier alpha value is -0.610. The fraction of sp³-hybridized carbons (Fsp3) is 0.917. The van der Waals surface area contributed by atoms with Crippen LogP contribution in [0.1, 0.15) is 39.5 Å². The van der Waals surface area contributed by atoms with Gasteiger partial charge in [0, 0.05) is 18.6 Å². The van der Waals surface area contributed by atoms with Crippen molar-refractivity contribution in [3.63, 3.8) is 0 Å². The van der Waals surface area contributed by atoms with Gasteiger partial charge in [-0.15, -0.1) is 0 Å². The predicted molar refractivity (Wildman–Crippen MR) is 64.1 cm³/mol. The molecule has 16 heavy (non-hydrogen) atoms. The molecule has 0 aliphatic heterocycles. The molecule has 0 aromatic rings. The van der Waals surface area contributed by atoms with E-state index in [4.69, 9.17) is 10.5 Å². The lowest BCUT2D eigenvalue weighted by Gasteiger charge is -2.25. The first-order valence-corrected chi connectivity index (χ1v) is 6.07. The molecule has 0 aromatic heterocycles. The Balaban J connectivity index is 2.22. The van der Waals surface area contributed by atoms with E-state index in [-0.39, 0.29) is 24.1 Å². The zero-order chi connectivity index (χ0) is 12.2. The molecule has 0 aromatic carbocycles. The van der Waals surface area contributed by atoms with Crippen molar-refractivity contribution in [2.75, 3.05) is 20.3 Å². The van der Waals surface area contributed by atoms with E-state index < -0.39 is 0 Å². The summed E-state index contributed by atoms with van der Waals surface area (Å²) in [6, 6.07) is 0.217. The van der Waals surface area contributed by atoms with Gasteiger partial charge in [0.15, 0.2) is 0 Å². The molecular weight excluding hydrogens is 204 g/mol. The third-order valence-corrected chi connectivity index (χ3v) is 3.38. The van der Waals surface area contributed by atoms with E-state index in [0.717, 1.165) is 12.8 Å². The maximum absolute atomic E-state index is 11.6. The molecule has 1 aliphatic rings. The van der Waals surface area contributed by atoms with Gasteiger partial charge in [0.05, 0.1) is 6.61 Å². The van der Waals surface area contributed by atoms with Crippen molar-refractivity contribution in [2.24, 2.45) is 5.73 Å². The minimum Gasteiger partial charge on any atom is -0.370 e. The van der Waals surface area contributed by atoms with Gasteiger partial charge < -0.3 is 15.4 Å². The Morgan fingerprint density at radius 2 is 2.00 bits per heavy atom. The molecule has 0 atom stereocenters. The van der Waals surface area contributed by atoms with Gasteiger partial charge in [-0.05, 0) is 26.7 Å². The SMILES string of the molecule is CC(C)N(C)C(=O)COCC1(N)CCCC1. The molecule has 0 unspecified atom stereocenters. The normalized spacial score (nSPS) is 19.1. The highest BCUT2D eigenvalue weighted by atomic mass is 16.5. The molecule has 4 nitrogen and oxygen atoms in total. The van der Waals surface area contributed by atoms with Gasteiger partial charge in [-0.3, -0.25) is 4.79 Å². The zero-order valence-corrected chi connectivity index (χ0v) is 10.7. The van der Waals surface area contributed by atoms with Crippen molar-refractivity contribution in [1.82, 2.24) is 4.90 Å². The van der Waals surface area contributed by atoms with E-state index in [1.165, 1.54) is 12.8 Å². The first-order chi connectivity index (χ1) is 7.44. The topological polar surface area (TPSA) is 55.6 Å². The lowest BCUT2D eigenvalue weighted by molar-refractivity contribution is -0.136. The summed E-state index contributed by atoms with van der Waals surface area (Å²) in [6.07, 6.45) is 4.39. The minimum absolute atomic E-state index is 0.0246. The lowest BCUT2D eigenvalue weighted by atomic mass is 10.0. The van der Waals surface area contributed by atoms with Crippen LogP contribution in [0.25, 0.3) is 0 Å². The van der Waals surface area contributed by atoms with Crippen LogP contribution in [0.2, 0.25) is 0 Å². The van der Waals surface area contributed by atoms with Crippen LogP contribution in [0.15, 0.2) is 0 Å². The summed E-state index contributed by atoms with van der Waals surface area (Å²) in [6.45, 7) is 4.62. The zero-order valence-electron chi connectivity index (χ0n) is 10.7. The summed E-state index contributed by atoms with van der Waals surface area (Å²) in [7, 11) is 1.80. The van der Waals surface area contributed by atoms with E-state index in [2.05, 4.69) is 0 Å². The van der Waals surface area contributed by atoms with Crippen LogP contribution in [0.4, 0.5) is 0 Å². The summed E-state index contributed by atoms with van der Waals surface area (Å²) in [4.78, 5) is 13.3. The summed E-state index contributed by atoms with van der Waals surface area (Å²) in [5.41, 5.74) is 5.95. The fourth-order valence-electron chi connectivity index (χ4n) is 1.95. The molecule has 1 saturated carbocycles. The Morgan fingerprint density at radius 1 is 1.44 bits per heavy atom. The Labute approximate surface area is 98.1 Å². The molecule has 0 bridgehead atoms. The maximum Gasteiger partial charge on any atom is 0.248 e. The van der Waals surface area contributed by atoms with E-state index >= 15 is 0 Å². The lowest BCUT2D eigenvalue weighted by Crippen LogP contribution is -2.43. The third kappa shape index (κ3) is 3.76. The second kappa shape index (κ2) is 5.64. The van der Waals surface area contributed by atoms with Gasteiger partial charge in [0.1, 0.15) is 6.61 Å². The number of rotatable bonds is 5. The van der Waals surface area contributed by atoms with Gasteiger partial charge in [0.25, 0.3) is 0 Å². The van der Waals surface area contributed by atoms with Gasteiger partial charge in [-0.1, -0.05) is 12.8 Å². The summed E-state index contributed by atoms with van der Waals surface area (Å²) < 4.78 is 5.44. The predicted octanol–water partition coefficient (Wildman–Crippen LogP) is 1.14. The minimum atomic E-state index is -0.184. The molecule has 1 fully saturated rings. The smallest absolute Gasteiger partial charge is 0.248 e. The second-order valence-electron chi connectivity index (χ2n) is 5.16. The van der Waals surface area contributed by atoms with Crippen LogP contribution >= 0.6 is 0 Å². The molecule has 1 amide bonds. The van der Waals surface area contributed by atoms with Crippen molar-refractivity contribution in [2.45, 2.75) is 51.1 Å². The largest absolute Gasteiger partial charge is 0.370 e. The summed E-state index contributed by atoms with van der Waals surface area (Å²) in [5.74, 6) is 0.0246. The number of hydrogen-bond acceptors (Lipinski definition) is 3. The maximum atomic E-state index is 11.6. The van der Waals surface area contributed by atoms with Crippen molar-refractivity contribution in [3.05, 3.63) is 0 Å². The summed E-state index contributed by atoms with van der Waals surface area (Å²) >= 11 is 0. The first-order valence-electron chi connectivity index (χ1n) is 6.07. The van der Waals surface area contributed by atoms with Crippen molar-refractivity contribution < 1.29 is 9.53 Å². The van der Waals surface area contributed by atoms with E-state index in [9.17, 15) is 4.79 Å². The number of nitrogens with two attached hydrogens (primary N) is 1. The molecule has 0 spiro atoms. The van der Waals surface area contributed by atoms with Crippen LogP contribution in [0.3, 0.4) is 0 Å². The number of carbonyl (C=O) groups excluding carboxylic acids is 1. The van der Waals surface area contributed by atoms with Gasteiger partial charge in [-0.25, -0.2) is 0 Å². The highest BCUT2D eigenvalue weighted by molar-refractivity contribution is 5.77. The molecule has 1 rings (SSSR count). The molecule has 94 valence electrons. The molecule has 0 heterocycles. The molecule has 4 heteroatoms. The number of amides is 1. The molecule has 0 saturated heterocycles. The Bertz CT molecular complexity index is 235. The average molecular weight is 228 g/mol. The highest BCUT2D eigenvalue weighted by Gasteiger charge is 2.29. The highest BCUT2D eigenvalue weighted by Crippen LogP contribution is 2.27. The van der Waals surface area contributed by atoms with Crippen LogP contribution < -0.4 is 5.73 Å². The van der Waals surface area contributed by atoms with Crippen LogP contribution in [-0.4, -0.2) is 42.6 Å². The number of likely N-dealkylation sites (N-methyl/N-ethyl adjacent to an activating group) is 1. The van der Waals surface area contributed by atoms with Crippen molar-refractivity contribution in [1.29, 1.82) is 0 Å². The second-order valence-corrected chi connectivity index (χ2v) is 5.16. The quantitative estimate of drug-likeness (QED) is 0.767. The van der Waals surface area contributed by atoms with Crippen LogP contribution in [0, 0.1) is 0 Å². The third-order valence-electron chi connectivity index (χ3n) is 3.38. The van der Waals surface area contributed by atoms with Gasteiger partial charge in [-0.2, -0.15) is 0 Å². The summed E-state index contributed by atoms with van der Waals surface area (Å²) in [5, 5.41) is 0. The number of ether oxygens (including phenoxy) is 1. The Kier molecular flexibility index (Phi) is 4.74. The average Bonchev–Trinajstić information content (AvgIpc) is 2.64. The molecular formula is C12H24N2O2. The monoisotopic (exact) mass is 228 g/mol. The van der Waals surface area contributed by atoms with Crippen molar-refractivity contribution >= 4 is 5.91 Å². The van der Waals surface area contributed by atoms with E-state index in [1.54, 1.807) is 11.9 Å². The standard InChI is InChI=1S/C12H24N2O2/c1-10(2)14(3)11(15)8-16-9-12(13)6-4-5-7-12/h10H,4-9,13H2,1-3H3. The number of hydrogen-bond donors (Lipinski definition) is 1.